The van der Waals surface area contributed by atoms with E-state index in [9.17, 15) is 14.7 Å². The number of benzene rings is 2. The van der Waals surface area contributed by atoms with Crippen LogP contribution in [-0.4, -0.2) is 22.1 Å². The lowest BCUT2D eigenvalue weighted by Gasteiger charge is -2.11. The van der Waals surface area contributed by atoms with Crippen molar-refractivity contribution in [2.75, 3.05) is 6.54 Å². The number of nitrogens with one attached hydrogen (secondary N) is 2. The first kappa shape index (κ1) is 24.0. The number of aromatic nitrogens is 1. The summed E-state index contributed by atoms with van der Waals surface area (Å²) in [5.41, 5.74) is 1.60. The van der Waals surface area contributed by atoms with Gasteiger partial charge in [-0.2, -0.15) is 0 Å². The van der Waals surface area contributed by atoms with E-state index in [2.05, 4.69) is 10.6 Å². The van der Waals surface area contributed by atoms with E-state index < -0.39 is 17.4 Å². The molecule has 2 aromatic carbocycles. The first-order chi connectivity index (χ1) is 16.3. The fraction of sp³-hybridized carbons (Fsp3) is 0.200. The van der Waals surface area contributed by atoms with E-state index in [1.807, 2.05) is 12.1 Å². The number of hydrogen-bond acceptors (Lipinski definition) is 5. The maximum Gasteiger partial charge on any atom is 0.257 e. The number of hydrogen-bond donors (Lipinski definition) is 3. The molecule has 3 N–H and O–H groups in total. The second-order valence-electron chi connectivity index (χ2n) is 7.92. The normalized spacial score (nSPS) is 12.1. The second kappa shape index (κ2) is 10.4. The van der Waals surface area contributed by atoms with E-state index in [4.69, 9.17) is 27.6 Å². The van der Waals surface area contributed by atoms with Crippen molar-refractivity contribution in [1.29, 1.82) is 0 Å². The fourth-order valence-corrected chi connectivity index (χ4v) is 3.83. The van der Waals surface area contributed by atoms with Crippen LogP contribution in [-0.2, 0) is 20.1 Å². The third-order valence-electron chi connectivity index (χ3n) is 5.40. The number of pyridine rings is 1. The number of furan rings is 1. The molecule has 0 bridgehead atoms. The Morgan fingerprint density at radius 3 is 2.38 bits per heavy atom. The van der Waals surface area contributed by atoms with E-state index in [0.29, 0.717) is 33.4 Å². The highest BCUT2D eigenvalue weighted by atomic mass is 35.5. The Kier molecular flexibility index (Phi) is 7.38. The summed E-state index contributed by atoms with van der Waals surface area (Å²) in [6.07, 6.45) is 0.746. The van der Waals surface area contributed by atoms with Gasteiger partial charge in [0, 0.05) is 36.4 Å². The van der Waals surface area contributed by atoms with Gasteiger partial charge in [-0.1, -0.05) is 47.5 Å². The summed E-state index contributed by atoms with van der Waals surface area (Å²) in [4.78, 5) is 25.6. The Morgan fingerprint density at radius 1 is 1.06 bits per heavy atom. The quantitative estimate of drug-likeness (QED) is 0.337. The van der Waals surface area contributed by atoms with E-state index >= 15 is 0 Å². The standard InChI is InChI=1S/C25H23Cl2N3O4/c1-30-14-21(24(33)29-11-15-2-6-17(26)7-3-15)23(32)20-10-19(34-25(20)30)12-28-13-22(31)16-4-8-18(27)9-5-16/h2-10,14,22,28,31H,11-13H2,1H3,(H,29,33). The average molecular weight is 500 g/mol. The Morgan fingerprint density at radius 2 is 1.71 bits per heavy atom. The van der Waals surface area contributed by atoms with Crippen molar-refractivity contribution in [3.63, 3.8) is 0 Å². The van der Waals surface area contributed by atoms with E-state index in [0.717, 1.165) is 11.1 Å². The largest absolute Gasteiger partial charge is 0.443 e. The number of aryl methyl sites for hydroxylation is 1. The van der Waals surface area contributed by atoms with Crippen molar-refractivity contribution in [3.05, 3.63) is 104 Å². The van der Waals surface area contributed by atoms with Gasteiger partial charge in [0.2, 0.25) is 11.1 Å². The molecule has 0 aliphatic rings. The summed E-state index contributed by atoms with van der Waals surface area (Å²) in [5.74, 6) is 0.0501. The lowest BCUT2D eigenvalue weighted by molar-refractivity contribution is 0.0949. The maximum atomic E-state index is 13.0. The van der Waals surface area contributed by atoms with Crippen LogP contribution in [0.5, 0.6) is 0 Å². The molecule has 1 amide bonds. The van der Waals surface area contributed by atoms with Gasteiger partial charge in [0.25, 0.3) is 5.91 Å². The van der Waals surface area contributed by atoms with Gasteiger partial charge in [0.05, 0.1) is 18.0 Å². The van der Waals surface area contributed by atoms with Crippen LogP contribution in [0.15, 0.2) is 70.0 Å². The predicted octanol–water partition coefficient (Wildman–Crippen LogP) is 4.19. The summed E-state index contributed by atoms with van der Waals surface area (Å²) >= 11 is 11.8. The Bertz CT molecular complexity index is 1360. The van der Waals surface area contributed by atoms with Crippen molar-refractivity contribution in [2.24, 2.45) is 7.05 Å². The predicted molar refractivity (Wildman–Crippen MR) is 132 cm³/mol. The van der Waals surface area contributed by atoms with E-state index in [1.165, 1.54) is 6.20 Å². The summed E-state index contributed by atoms with van der Waals surface area (Å²) in [6, 6.07) is 15.7. The number of nitrogens with zero attached hydrogens (tertiary/aromatic N) is 1. The number of carbonyl (C=O) groups excluding carboxylic acids is 1. The van der Waals surface area contributed by atoms with Gasteiger partial charge in [-0.25, -0.2) is 0 Å². The summed E-state index contributed by atoms with van der Waals surface area (Å²) in [7, 11) is 1.71. The Hall–Kier alpha value is -3.10. The van der Waals surface area contributed by atoms with Gasteiger partial charge >= 0.3 is 0 Å². The lowest BCUT2D eigenvalue weighted by Crippen LogP contribution is -2.29. The fourth-order valence-electron chi connectivity index (χ4n) is 3.58. The summed E-state index contributed by atoms with van der Waals surface area (Å²) in [5, 5.41) is 17.7. The molecule has 0 saturated heterocycles. The van der Waals surface area contributed by atoms with Gasteiger partial charge in [-0.15, -0.1) is 0 Å². The minimum absolute atomic E-state index is 0.0300. The number of halogens is 2. The third kappa shape index (κ3) is 5.51. The number of carbonyl (C=O) groups is 1. The molecule has 0 spiro atoms. The average Bonchev–Trinajstić information content (AvgIpc) is 3.26. The summed E-state index contributed by atoms with van der Waals surface area (Å²) in [6.45, 7) is 0.859. The maximum absolute atomic E-state index is 13.0. The molecule has 1 atom stereocenters. The number of amides is 1. The van der Waals surface area contributed by atoms with Gasteiger partial charge in [0.1, 0.15) is 11.3 Å². The smallest absolute Gasteiger partial charge is 0.257 e. The van der Waals surface area contributed by atoms with Gasteiger partial charge < -0.3 is 24.7 Å². The SMILES string of the molecule is Cn1cc(C(=O)NCc2ccc(Cl)cc2)c(=O)c2cc(CNCC(O)c3ccc(Cl)cc3)oc21. The van der Waals surface area contributed by atoms with Crippen molar-refractivity contribution >= 4 is 40.2 Å². The molecule has 0 radical (unpaired) electrons. The zero-order valence-electron chi connectivity index (χ0n) is 18.3. The van der Waals surface area contributed by atoms with Gasteiger partial charge in [-0.05, 0) is 41.5 Å². The molecule has 0 saturated carbocycles. The van der Waals surface area contributed by atoms with Crippen molar-refractivity contribution < 1.29 is 14.3 Å². The minimum atomic E-state index is -0.719. The lowest BCUT2D eigenvalue weighted by atomic mass is 10.1. The van der Waals surface area contributed by atoms with Crippen LogP contribution < -0.4 is 16.1 Å². The molecule has 2 aromatic heterocycles. The highest BCUT2D eigenvalue weighted by Gasteiger charge is 2.18. The van der Waals surface area contributed by atoms with Crippen LogP contribution in [0, 0.1) is 0 Å². The molecule has 7 nitrogen and oxygen atoms in total. The molecule has 0 aliphatic heterocycles. The molecular weight excluding hydrogens is 477 g/mol. The highest BCUT2D eigenvalue weighted by molar-refractivity contribution is 6.30. The van der Waals surface area contributed by atoms with Crippen LogP contribution in [0.25, 0.3) is 11.1 Å². The first-order valence-corrected chi connectivity index (χ1v) is 11.4. The Labute approximate surface area is 205 Å². The number of aliphatic hydroxyl groups is 1. The first-order valence-electron chi connectivity index (χ1n) is 10.6. The molecule has 4 aromatic rings. The Balaban J connectivity index is 1.43. The molecule has 2 heterocycles. The molecular formula is C25H23Cl2N3O4. The second-order valence-corrected chi connectivity index (χ2v) is 8.79. The third-order valence-corrected chi connectivity index (χ3v) is 5.90. The zero-order chi connectivity index (χ0) is 24.2. The minimum Gasteiger partial charge on any atom is -0.443 e. The molecule has 176 valence electrons. The van der Waals surface area contributed by atoms with Gasteiger partial charge in [-0.3, -0.25) is 9.59 Å². The van der Waals surface area contributed by atoms with Crippen LogP contribution in [0.3, 0.4) is 0 Å². The van der Waals surface area contributed by atoms with Crippen molar-refractivity contribution in [2.45, 2.75) is 19.2 Å². The zero-order valence-corrected chi connectivity index (χ0v) is 19.9. The molecule has 0 fully saturated rings. The van der Waals surface area contributed by atoms with Crippen LogP contribution in [0.4, 0.5) is 0 Å². The molecule has 1 unspecified atom stereocenters. The number of fused-ring (bicyclic) bond motifs is 1. The van der Waals surface area contributed by atoms with Crippen LogP contribution >= 0.6 is 23.2 Å². The topological polar surface area (TPSA) is 96.5 Å². The van der Waals surface area contributed by atoms with Crippen LogP contribution in [0.2, 0.25) is 10.0 Å². The highest BCUT2D eigenvalue weighted by Crippen LogP contribution is 2.18. The monoisotopic (exact) mass is 499 g/mol. The number of aliphatic hydroxyl groups excluding tert-OH is 1. The van der Waals surface area contributed by atoms with Crippen molar-refractivity contribution in [1.82, 2.24) is 15.2 Å². The number of rotatable bonds is 8. The summed E-state index contributed by atoms with van der Waals surface area (Å²) < 4.78 is 7.43. The van der Waals surface area contributed by atoms with E-state index in [1.54, 1.807) is 54.1 Å². The molecule has 9 heteroatoms. The van der Waals surface area contributed by atoms with Gasteiger partial charge in [0.15, 0.2) is 0 Å². The molecule has 4 rings (SSSR count). The van der Waals surface area contributed by atoms with Crippen molar-refractivity contribution in [3.8, 4) is 0 Å². The molecule has 34 heavy (non-hydrogen) atoms. The van der Waals surface area contributed by atoms with Crippen LogP contribution in [0.1, 0.15) is 33.3 Å². The molecule has 0 aliphatic carbocycles. The van der Waals surface area contributed by atoms with E-state index in [-0.39, 0.29) is 18.7 Å².